The highest BCUT2D eigenvalue weighted by Gasteiger charge is 2.42. The molecule has 4 rings (SSSR count). The summed E-state index contributed by atoms with van der Waals surface area (Å²) in [6, 6.07) is 9.56. The van der Waals surface area contributed by atoms with Crippen molar-refractivity contribution in [2.75, 3.05) is 51.8 Å². The van der Waals surface area contributed by atoms with Crippen molar-refractivity contribution in [1.82, 2.24) is 24.6 Å². The summed E-state index contributed by atoms with van der Waals surface area (Å²) in [5, 5.41) is 15.0. The predicted octanol–water partition coefficient (Wildman–Crippen LogP) is 1.49. The molecule has 238 valence electrons. The van der Waals surface area contributed by atoms with Crippen molar-refractivity contribution in [1.29, 1.82) is 0 Å². The molecule has 11 nitrogen and oxygen atoms in total. The number of nitrogens with zero attached hydrogens (tertiary/aromatic N) is 4. The highest BCUT2D eigenvalue weighted by Crippen LogP contribution is 2.36. The smallest absolute Gasteiger partial charge is 0.264 e. The molecule has 2 saturated heterocycles. The summed E-state index contributed by atoms with van der Waals surface area (Å²) in [5.41, 5.74) is 0.682. The molecule has 3 heterocycles. The van der Waals surface area contributed by atoms with Crippen molar-refractivity contribution in [2.24, 2.45) is 0 Å². The fourth-order valence-electron chi connectivity index (χ4n) is 6.57. The highest BCUT2D eigenvalue weighted by atomic mass is 32.2. The number of sulfone groups is 1. The molecular weight excluding hydrogens is 570 g/mol. The number of hydrogen-bond acceptors (Lipinski definition) is 8. The van der Waals surface area contributed by atoms with Gasteiger partial charge in [-0.15, -0.1) is 0 Å². The van der Waals surface area contributed by atoms with Crippen molar-refractivity contribution in [3.05, 3.63) is 46.2 Å². The number of carbonyl (C=O) groups excluding carboxylic acids is 2. The van der Waals surface area contributed by atoms with E-state index in [2.05, 4.69) is 10.2 Å². The fourth-order valence-corrected chi connectivity index (χ4v) is 7.21. The molecule has 1 aromatic heterocycles. The normalized spacial score (nSPS) is 21.4. The number of hydrogen-bond donors (Lipinski definition) is 2. The quantitative estimate of drug-likeness (QED) is 0.346. The number of rotatable bonds is 13. The summed E-state index contributed by atoms with van der Waals surface area (Å²) in [6.45, 7) is 7.30. The van der Waals surface area contributed by atoms with E-state index in [9.17, 15) is 27.9 Å². The first-order valence-electron chi connectivity index (χ1n) is 15.2. The number of aliphatic hydroxyl groups is 1. The maximum Gasteiger partial charge on any atom is 0.264 e. The molecular formula is C31H47N5O6S. The van der Waals surface area contributed by atoms with Crippen LogP contribution < -0.4 is 10.9 Å². The van der Waals surface area contributed by atoms with Gasteiger partial charge in [0, 0.05) is 70.1 Å². The Bertz CT molecular complexity index is 1460. The summed E-state index contributed by atoms with van der Waals surface area (Å²) < 4.78 is 24.6. The molecule has 1 unspecified atom stereocenters. The zero-order valence-corrected chi connectivity index (χ0v) is 26.8. The van der Waals surface area contributed by atoms with E-state index >= 15 is 0 Å². The first kappa shape index (κ1) is 33.1. The van der Waals surface area contributed by atoms with E-state index in [1.54, 1.807) is 15.5 Å². The molecule has 2 aromatic rings. The molecule has 4 atom stereocenters. The molecule has 2 fully saturated rings. The predicted molar refractivity (Wildman–Crippen MR) is 168 cm³/mol. The van der Waals surface area contributed by atoms with Crippen LogP contribution >= 0.6 is 0 Å². The minimum absolute atomic E-state index is 0.0592. The van der Waals surface area contributed by atoms with Crippen LogP contribution in [-0.2, 0) is 14.6 Å². The lowest BCUT2D eigenvalue weighted by Crippen LogP contribution is -2.54. The number of fused-ring (bicyclic) bond motifs is 3. The third-order valence-corrected chi connectivity index (χ3v) is 9.74. The van der Waals surface area contributed by atoms with Crippen LogP contribution in [0.5, 0.6) is 0 Å². The van der Waals surface area contributed by atoms with Gasteiger partial charge in [0.25, 0.3) is 11.5 Å². The molecule has 0 aliphatic carbocycles. The maximum absolute atomic E-state index is 13.4. The largest absolute Gasteiger partial charge is 0.390 e. The number of pyridine rings is 1. The van der Waals surface area contributed by atoms with E-state index in [1.807, 2.05) is 50.1 Å². The fraction of sp³-hybridized carbons (Fsp3) is 0.645. The number of likely N-dealkylation sites (N-methyl/N-ethyl adjacent to an activating group) is 1. The van der Waals surface area contributed by atoms with Gasteiger partial charge in [-0.25, -0.2) is 8.42 Å². The van der Waals surface area contributed by atoms with Crippen molar-refractivity contribution in [2.45, 2.75) is 76.7 Å². The number of aliphatic hydroxyl groups excluding tert-OH is 1. The lowest BCUT2D eigenvalue weighted by molar-refractivity contribution is -0.130. The summed E-state index contributed by atoms with van der Waals surface area (Å²) in [6.07, 6.45) is 3.90. The number of nitrogens with one attached hydrogen (secondary N) is 1. The Morgan fingerprint density at radius 1 is 1.09 bits per heavy atom. The van der Waals surface area contributed by atoms with Gasteiger partial charge in [0.1, 0.15) is 15.4 Å². The van der Waals surface area contributed by atoms with Gasteiger partial charge in [-0.1, -0.05) is 18.2 Å². The van der Waals surface area contributed by atoms with Gasteiger partial charge in [0.05, 0.1) is 17.4 Å². The molecule has 2 aliphatic heterocycles. The number of benzene rings is 1. The van der Waals surface area contributed by atoms with Crippen molar-refractivity contribution < 1.29 is 23.1 Å². The summed E-state index contributed by atoms with van der Waals surface area (Å²) in [4.78, 5) is 44.8. The van der Waals surface area contributed by atoms with E-state index in [0.717, 1.165) is 36.6 Å². The summed E-state index contributed by atoms with van der Waals surface area (Å²) in [7, 11) is -1.24. The first-order chi connectivity index (χ1) is 20.2. The molecule has 1 aromatic carbocycles. The minimum atomic E-state index is -3.06. The number of amides is 2. The molecule has 2 N–H and O–H groups in total. The van der Waals surface area contributed by atoms with E-state index in [1.165, 1.54) is 13.2 Å². The van der Waals surface area contributed by atoms with Gasteiger partial charge in [-0.3, -0.25) is 19.3 Å². The zero-order valence-electron chi connectivity index (χ0n) is 26.0. The molecule has 2 amide bonds. The Kier molecular flexibility index (Phi) is 10.7. The number of carbonyl (C=O) groups is 2. The Balaban J connectivity index is 1.33. The molecule has 2 aliphatic rings. The van der Waals surface area contributed by atoms with Crippen LogP contribution in [0.4, 0.5) is 0 Å². The van der Waals surface area contributed by atoms with Crippen LogP contribution in [-0.4, -0.2) is 121 Å². The average Bonchev–Trinajstić information content (AvgIpc) is 3.14. The number of para-hydroxylation sites is 1. The Labute approximate surface area is 254 Å². The van der Waals surface area contributed by atoms with Crippen molar-refractivity contribution >= 4 is 32.6 Å². The lowest BCUT2D eigenvalue weighted by atomic mass is 9.96. The number of aromatic nitrogens is 1. The Morgan fingerprint density at radius 2 is 1.74 bits per heavy atom. The molecule has 2 bridgehead atoms. The minimum Gasteiger partial charge on any atom is -0.390 e. The van der Waals surface area contributed by atoms with E-state index in [-0.39, 0.29) is 59.4 Å². The van der Waals surface area contributed by atoms with E-state index in [0.29, 0.717) is 26.2 Å². The van der Waals surface area contributed by atoms with Gasteiger partial charge >= 0.3 is 0 Å². The monoisotopic (exact) mass is 617 g/mol. The molecule has 43 heavy (non-hydrogen) atoms. The average molecular weight is 618 g/mol. The second-order valence-corrected chi connectivity index (χ2v) is 14.9. The SMILES string of the molecule is CC(=O)N(CCN(C)CCS(C)(=O)=O)CC(O)CN1[C@@H]2CC[C@H]1C[C@@H](NC(=O)c1cc3ccccc3n(C(C)C)c1=O)C2. The molecule has 0 saturated carbocycles. The van der Waals surface area contributed by atoms with Gasteiger partial charge in [0.15, 0.2) is 0 Å². The summed E-state index contributed by atoms with van der Waals surface area (Å²) >= 11 is 0. The van der Waals surface area contributed by atoms with Gasteiger partial charge in [-0.2, -0.15) is 0 Å². The third-order valence-electron chi connectivity index (χ3n) is 8.82. The standard InChI is InChI=1S/C31H47N5O6S/c1-21(2)36-29-9-7-6-8-23(29)16-28(31(36)40)30(39)32-24-17-25-10-11-26(18-24)35(25)20-27(38)19-34(22(3)37)13-12-33(4)14-15-43(5,41)42/h6-9,16,21,24-27,38H,10-15,17-20H2,1-5H3,(H,32,39)/t24-,25+,26-,27?. The van der Waals surface area contributed by atoms with E-state index in [4.69, 9.17) is 0 Å². The number of piperidine rings is 1. The van der Waals surface area contributed by atoms with Crippen LogP contribution in [0, 0.1) is 0 Å². The zero-order chi connectivity index (χ0) is 31.5. The Hall–Kier alpha value is -2.80. The van der Waals surface area contributed by atoms with Crippen molar-refractivity contribution in [3.8, 4) is 0 Å². The maximum atomic E-state index is 13.4. The summed E-state index contributed by atoms with van der Waals surface area (Å²) in [5.74, 6) is -0.421. The van der Waals surface area contributed by atoms with E-state index < -0.39 is 15.9 Å². The second-order valence-electron chi connectivity index (χ2n) is 12.7. The topological polar surface area (TPSA) is 132 Å². The van der Waals surface area contributed by atoms with Crippen LogP contribution in [0.1, 0.15) is 62.9 Å². The van der Waals surface area contributed by atoms with Crippen molar-refractivity contribution in [3.63, 3.8) is 0 Å². The highest BCUT2D eigenvalue weighted by molar-refractivity contribution is 7.90. The second kappa shape index (κ2) is 13.9. The van der Waals surface area contributed by atoms with Crippen LogP contribution in [0.3, 0.4) is 0 Å². The van der Waals surface area contributed by atoms with Gasteiger partial charge < -0.3 is 24.8 Å². The Morgan fingerprint density at radius 3 is 2.35 bits per heavy atom. The molecule has 12 heteroatoms. The van der Waals surface area contributed by atoms with Crippen LogP contribution in [0.25, 0.3) is 10.9 Å². The third kappa shape index (κ3) is 8.43. The molecule has 0 radical (unpaired) electrons. The van der Waals surface area contributed by atoms with Crippen LogP contribution in [0.15, 0.2) is 35.1 Å². The van der Waals surface area contributed by atoms with Gasteiger partial charge in [-0.05, 0) is 64.1 Å². The van der Waals surface area contributed by atoms with Gasteiger partial charge in [0.2, 0.25) is 5.91 Å². The lowest BCUT2D eigenvalue weighted by Gasteiger charge is -2.40. The molecule has 0 spiro atoms. The van der Waals surface area contributed by atoms with Crippen LogP contribution in [0.2, 0.25) is 0 Å². The first-order valence-corrected chi connectivity index (χ1v) is 17.3.